The van der Waals surface area contributed by atoms with Crippen molar-refractivity contribution in [3.63, 3.8) is 0 Å². The van der Waals surface area contributed by atoms with E-state index in [-0.39, 0.29) is 0 Å². The first-order chi connectivity index (χ1) is 8.16. The Hall–Kier alpha value is -1.12. The molecule has 92 valence electrons. The molecule has 1 aromatic heterocycles. The third-order valence-corrected chi connectivity index (χ3v) is 4.22. The second kappa shape index (κ2) is 3.97. The van der Waals surface area contributed by atoms with Crippen LogP contribution in [0.5, 0.6) is 0 Å². The van der Waals surface area contributed by atoms with Crippen LogP contribution in [0.4, 0.5) is 5.82 Å². The molecule has 1 aliphatic heterocycles. The monoisotopic (exact) mass is 231 g/mol. The molecular weight excluding hydrogens is 210 g/mol. The Labute approximate surface area is 103 Å². The fourth-order valence-electron chi connectivity index (χ4n) is 3.36. The van der Waals surface area contributed by atoms with Crippen molar-refractivity contribution in [1.29, 1.82) is 0 Å². The summed E-state index contributed by atoms with van der Waals surface area (Å²) in [6.07, 6.45) is 6.14. The maximum absolute atomic E-state index is 4.74. The lowest BCUT2D eigenvalue weighted by Crippen LogP contribution is -2.34. The van der Waals surface area contributed by atoms with Gasteiger partial charge in [-0.15, -0.1) is 0 Å². The molecule has 2 atom stereocenters. The Morgan fingerprint density at radius 1 is 1.06 bits per heavy atom. The molecule has 0 N–H and O–H groups in total. The molecule has 0 radical (unpaired) electrons. The van der Waals surface area contributed by atoms with Gasteiger partial charge in [0.25, 0.3) is 0 Å². The smallest absolute Gasteiger partial charge is 0.136 e. The third-order valence-electron chi connectivity index (χ3n) is 4.22. The van der Waals surface area contributed by atoms with Gasteiger partial charge in [0.15, 0.2) is 0 Å². The van der Waals surface area contributed by atoms with E-state index in [1.165, 1.54) is 42.8 Å². The van der Waals surface area contributed by atoms with Gasteiger partial charge in [-0.1, -0.05) is 0 Å². The molecule has 3 heteroatoms. The van der Waals surface area contributed by atoms with E-state index >= 15 is 0 Å². The van der Waals surface area contributed by atoms with E-state index in [2.05, 4.69) is 23.7 Å². The molecule has 1 fully saturated rings. The first-order valence-electron chi connectivity index (χ1n) is 6.81. The number of anilines is 1. The number of nitrogens with zero attached hydrogens (tertiary/aromatic N) is 3. The number of aryl methyl sites for hydroxylation is 2. The Balaban J connectivity index is 2.08. The van der Waals surface area contributed by atoms with Crippen LogP contribution in [0.1, 0.15) is 50.2 Å². The lowest BCUT2D eigenvalue weighted by atomic mass is 10.2. The van der Waals surface area contributed by atoms with Gasteiger partial charge in [-0.05, 0) is 52.9 Å². The molecule has 2 aliphatic rings. The largest absolute Gasteiger partial charge is 0.351 e. The van der Waals surface area contributed by atoms with Crippen LogP contribution in [-0.2, 0) is 12.8 Å². The van der Waals surface area contributed by atoms with Gasteiger partial charge >= 0.3 is 0 Å². The molecule has 3 rings (SSSR count). The summed E-state index contributed by atoms with van der Waals surface area (Å²) in [4.78, 5) is 11.9. The molecule has 0 spiro atoms. The van der Waals surface area contributed by atoms with Crippen molar-refractivity contribution in [3.8, 4) is 0 Å². The second-order valence-corrected chi connectivity index (χ2v) is 5.56. The summed E-state index contributed by atoms with van der Waals surface area (Å²) < 4.78 is 0. The van der Waals surface area contributed by atoms with Gasteiger partial charge in [-0.2, -0.15) is 0 Å². The van der Waals surface area contributed by atoms with Crippen LogP contribution in [0, 0.1) is 6.92 Å². The van der Waals surface area contributed by atoms with Crippen LogP contribution < -0.4 is 4.90 Å². The van der Waals surface area contributed by atoms with Crippen LogP contribution in [0.3, 0.4) is 0 Å². The highest BCUT2D eigenvalue weighted by molar-refractivity contribution is 5.53. The second-order valence-electron chi connectivity index (χ2n) is 5.56. The summed E-state index contributed by atoms with van der Waals surface area (Å²) >= 11 is 0. The van der Waals surface area contributed by atoms with Gasteiger partial charge < -0.3 is 4.90 Å². The van der Waals surface area contributed by atoms with Gasteiger partial charge in [0.05, 0.1) is 0 Å². The predicted molar refractivity (Wildman–Crippen MR) is 69.4 cm³/mol. The summed E-state index contributed by atoms with van der Waals surface area (Å²) in [5, 5.41) is 0. The molecule has 2 heterocycles. The zero-order valence-corrected chi connectivity index (χ0v) is 11.0. The van der Waals surface area contributed by atoms with Gasteiger partial charge in [0.1, 0.15) is 11.6 Å². The van der Waals surface area contributed by atoms with Crippen molar-refractivity contribution in [2.75, 3.05) is 4.90 Å². The third kappa shape index (κ3) is 1.72. The summed E-state index contributed by atoms with van der Waals surface area (Å²) in [5.74, 6) is 2.18. The molecule has 0 amide bonds. The van der Waals surface area contributed by atoms with Crippen LogP contribution in [0.2, 0.25) is 0 Å². The average molecular weight is 231 g/mol. The first-order valence-corrected chi connectivity index (χ1v) is 6.81. The number of rotatable bonds is 1. The van der Waals surface area contributed by atoms with Crippen LogP contribution in [-0.4, -0.2) is 22.1 Å². The van der Waals surface area contributed by atoms with Crippen LogP contribution in [0.25, 0.3) is 0 Å². The maximum Gasteiger partial charge on any atom is 0.136 e. The van der Waals surface area contributed by atoms with Crippen molar-refractivity contribution in [2.45, 2.75) is 65.0 Å². The lowest BCUT2D eigenvalue weighted by molar-refractivity contribution is 0.674. The Morgan fingerprint density at radius 3 is 2.47 bits per heavy atom. The first kappa shape index (κ1) is 11.0. The zero-order chi connectivity index (χ0) is 12.0. The van der Waals surface area contributed by atoms with Gasteiger partial charge in [0.2, 0.25) is 0 Å². The number of hydrogen-bond donors (Lipinski definition) is 0. The maximum atomic E-state index is 4.74. The van der Waals surface area contributed by atoms with E-state index in [1.807, 2.05) is 6.92 Å². The van der Waals surface area contributed by atoms with Crippen molar-refractivity contribution >= 4 is 5.82 Å². The molecule has 0 aromatic carbocycles. The normalized spacial score (nSPS) is 27.6. The molecule has 0 saturated carbocycles. The molecule has 1 aliphatic carbocycles. The lowest BCUT2D eigenvalue weighted by Gasteiger charge is -2.29. The van der Waals surface area contributed by atoms with E-state index in [1.54, 1.807) is 0 Å². The van der Waals surface area contributed by atoms with Gasteiger partial charge in [-0.25, -0.2) is 9.97 Å². The van der Waals surface area contributed by atoms with E-state index in [4.69, 9.17) is 4.98 Å². The Bertz CT molecular complexity index is 431. The fourth-order valence-corrected chi connectivity index (χ4v) is 3.36. The number of aromatic nitrogens is 2. The van der Waals surface area contributed by atoms with Gasteiger partial charge in [0, 0.05) is 23.3 Å². The molecule has 17 heavy (non-hydrogen) atoms. The summed E-state index contributed by atoms with van der Waals surface area (Å²) in [7, 11) is 0. The van der Waals surface area contributed by atoms with E-state index in [0.29, 0.717) is 12.1 Å². The molecule has 3 nitrogen and oxygen atoms in total. The summed E-state index contributed by atoms with van der Waals surface area (Å²) in [6, 6.07) is 1.26. The topological polar surface area (TPSA) is 29.0 Å². The highest BCUT2D eigenvalue weighted by Crippen LogP contribution is 2.35. The summed E-state index contributed by atoms with van der Waals surface area (Å²) in [5.41, 5.74) is 2.73. The minimum absolute atomic E-state index is 0.629. The molecule has 1 saturated heterocycles. The predicted octanol–water partition coefficient (Wildman–Crippen LogP) is 2.65. The van der Waals surface area contributed by atoms with Gasteiger partial charge in [-0.3, -0.25) is 0 Å². The van der Waals surface area contributed by atoms with E-state index < -0.39 is 0 Å². The fraction of sp³-hybridized carbons (Fsp3) is 0.714. The van der Waals surface area contributed by atoms with Crippen molar-refractivity contribution in [2.24, 2.45) is 0 Å². The average Bonchev–Trinajstić information content (AvgIpc) is 2.85. The molecular formula is C14H21N3. The van der Waals surface area contributed by atoms with Crippen molar-refractivity contribution in [1.82, 2.24) is 9.97 Å². The highest BCUT2D eigenvalue weighted by atomic mass is 15.3. The van der Waals surface area contributed by atoms with E-state index in [0.717, 1.165) is 12.2 Å². The number of hydrogen-bond acceptors (Lipinski definition) is 3. The molecule has 0 bridgehead atoms. The van der Waals surface area contributed by atoms with Crippen molar-refractivity contribution < 1.29 is 0 Å². The number of fused-ring (bicyclic) bond motifs is 1. The quantitative estimate of drug-likeness (QED) is 0.744. The Morgan fingerprint density at radius 2 is 1.76 bits per heavy atom. The zero-order valence-electron chi connectivity index (χ0n) is 11.0. The highest BCUT2D eigenvalue weighted by Gasteiger charge is 2.32. The van der Waals surface area contributed by atoms with E-state index in [9.17, 15) is 0 Å². The minimum Gasteiger partial charge on any atom is -0.351 e. The summed E-state index contributed by atoms with van der Waals surface area (Å²) in [6.45, 7) is 6.66. The Kier molecular flexibility index (Phi) is 2.57. The standard InChI is InChI=1S/C14H21N3/c1-9-7-8-10(2)17(9)14-12-5-4-6-13(12)15-11(3)16-14/h9-10H,4-8H2,1-3H3/t9-,10-/m1/s1. The molecule has 0 unspecified atom stereocenters. The SMILES string of the molecule is Cc1nc2c(c(N3[C@H](C)CC[C@H]3C)n1)CCC2. The minimum atomic E-state index is 0.629. The van der Waals surface area contributed by atoms with Crippen LogP contribution in [0.15, 0.2) is 0 Å². The molecule has 1 aromatic rings. The van der Waals surface area contributed by atoms with Crippen LogP contribution >= 0.6 is 0 Å². The van der Waals surface area contributed by atoms with Crippen molar-refractivity contribution in [3.05, 3.63) is 17.1 Å².